The van der Waals surface area contributed by atoms with Crippen LogP contribution in [0.1, 0.15) is 21.6 Å². The molecule has 0 saturated carbocycles. The monoisotopic (exact) mass is 386 g/mol. The van der Waals surface area contributed by atoms with Crippen molar-refractivity contribution >= 4 is 35.1 Å². The van der Waals surface area contributed by atoms with Crippen LogP contribution in [0.25, 0.3) is 0 Å². The molecule has 7 heteroatoms. The molecular weight excluding hydrogens is 371 g/mol. The topological polar surface area (TPSA) is 66.9 Å². The van der Waals surface area contributed by atoms with E-state index >= 15 is 0 Å². The van der Waals surface area contributed by atoms with Gasteiger partial charge in [0.2, 0.25) is 5.95 Å². The van der Waals surface area contributed by atoms with E-state index in [-0.39, 0.29) is 5.91 Å². The zero-order valence-electron chi connectivity index (χ0n) is 13.7. The van der Waals surface area contributed by atoms with Crippen LogP contribution < -0.4 is 10.6 Å². The van der Waals surface area contributed by atoms with Gasteiger partial charge in [-0.15, -0.1) is 0 Å². The maximum absolute atomic E-state index is 12.3. The van der Waals surface area contributed by atoms with Crippen molar-refractivity contribution < 1.29 is 4.79 Å². The van der Waals surface area contributed by atoms with Gasteiger partial charge >= 0.3 is 0 Å². The van der Waals surface area contributed by atoms with E-state index < -0.39 is 0 Å². The first kappa shape index (κ1) is 18.2. The van der Waals surface area contributed by atoms with E-state index in [0.29, 0.717) is 34.8 Å². The summed E-state index contributed by atoms with van der Waals surface area (Å²) in [7, 11) is 0. The van der Waals surface area contributed by atoms with Gasteiger partial charge in [0.15, 0.2) is 0 Å². The highest BCUT2D eigenvalue weighted by molar-refractivity contribution is 6.30. The number of nitrogens with zero attached hydrogens (tertiary/aromatic N) is 2. The molecule has 1 heterocycles. The van der Waals surface area contributed by atoms with Crippen molar-refractivity contribution in [1.82, 2.24) is 15.3 Å². The fourth-order valence-corrected chi connectivity index (χ4v) is 2.48. The van der Waals surface area contributed by atoms with Gasteiger partial charge in [0.25, 0.3) is 5.91 Å². The highest BCUT2D eigenvalue weighted by Gasteiger charge is 2.08. The fourth-order valence-electron chi connectivity index (χ4n) is 2.23. The summed E-state index contributed by atoms with van der Waals surface area (Å²) in [5, 5.41) is 7.27. The number of hydrogen-bond donors (Lipinski definition) is 2. The molecule has 1 aromatic heterocycles. The highest BCUT2D eigenvalue weighted by atomic mass is 35.5. The Bertz CT molecular complexity index is 883. The van der Waals surface area contributed by atoms with Gasteiger partial charge in [0.05, 0.1) is 0 Å². The van der Waals surface area contributed by atoms with E-state index in [1.807, 2.05) is 36.4 Å². The predicted octanol–water partition coefficient (Wildman–Crippen LogP) is 4.33. The van der Waals surface area contributed by atoms with E-state index in [2.05, 4.69) is 20.6 Å². The quantitative estimate of drug-likeness (QED) is 0.661. The van der Waals surface area contributed by atoms with E-state index in [1.165, 1.54) is 0 Å². The van der Waals surface area contributed by atoms with E-state index in [0.717, 1.165) is 11.1 Å². The Kier molecular flexibility index (Phi) is 6.04. The summed E-state index contributed by atoms with van der Waals surface area (Å²) in [5.41, 5.74) is 2.29. The molecule has 26 heavy (non-hydrogen) atoms. The second kappa shape index (κ2) is 8.65. The largest absolute Gasteiger partial charge is 0.350 e. The van der Waals surface area contributed by atoms with Gasteiger partial charge in [-0.05, 0) is 41.5 Å². The Balaban J connectivity index is 1.58. The lowest BCUT2D eigenvalue weighted by molar-refractivity contribution is 0.0946. The summed E-state index contributed by atoms with van der Waals surface area (Å²) in [5.74, 6) is 0.121. The van der Waals surface area contributed by atoms with Crippen LogP contribution in [0.4, 0.5) is 5.95 Å². The summed E-state index contributed by atoms with van der Waals surface area (Å²) in [6, 6.07) is 16.3. The van der Waals surface area contributed by atoms with E-state index in [1.54, 1.807) is 24.4 Å². The van der Waals surface area contributed by atoms with Crippen molar-refractivity contribution in [3.63, 3.8) is 0 Å². The van der Waals surface area contributed by atoms with Gasteiger partial charge in [0.1, 0.15) is 5.69 Å². The van der Waals surface area contributed by atoms with Crippen LogP contribution in [0.5, 0.6) is 0 Å². The lowest BCUT2D eigenvalue weighted by atomic mass is 10.2. The maximum Gasteiger partial charge on any atom is 0.270 e. The Hall–Kier alpha value is -2.63. The van der Waals surface area contributed by atoms with Gasteiger partial charge in [-0.2, -0.15) is 0 Å². The third kappa shape index (κ3) is 5.18. The third-order valence-corrected chi connectivity index (χ3v) is 4.12. The number of aromatic nitrogens is 2. The second-order valence-electron chi connectivity index (χ2n) is 5.55. The fraction of sp³-hybridized carbons (Fsp3) is 0.105. The molecule has 0 saturated heterocycles. The average Bonchev–Trinajstić information content (AvgIpc) is 2.67. The zero-order valence-corrected chi connectivity index (χ0v) is 15.3. The molecule has 0 aliphatic rings. The number of nitrogens with one attached hydrogen (secondary N) is 2. The van der Waals surface area contributed by atoms with Crippen molar-refractivity contribution in [1.29, 1.82) is 0 Å². The average molecular weight is 387 g/mol. The van der Waals surface area contributed by atoms with Crippen LogP contribution >= 0.6 is 23.2 Å². The first-order chi connectivity index (χ1) is 12.6. The lowest BCUT2D eigenvalue weighted by Crippen LogP contribution is -2.24. The van der Waals surface area contributed by atoms with Crippen LogP contribution in [0, 0.1) is 0 Å². The van der Waals surface area contributed by atoms with Gasteiger partial charge < -0.3 is 10.6 Å². The molecular formula is C19H16Cl2N4O. The molecule has 1 amide bonds. The van der Waals surface area contributed by atoms with Crippen LogP contribution in [-0.4, -0.2) is 15.9 Å². The molecule has 2 N–H and O–H groups in total. The minimum Gasteiger partial charge on any atom is -0.350 e. The standard InChI is InChI=1S/C19H16Cl2N4O/c20-15-5-1-13(2-6-15)11-23-18(26)17-9-10-22-19(25-17)24-12-14-3-7-16(21)8-4-14/h1-10H,11-12H2,(H,23,26)(H,22,24,25). The molecule has 3 aromatic rings. The van der Waals surface area contributed by atoms with Gasteiger partial charge in [0, 0.05) is 29.3 Å². The summed E-state index contributed by atoms with van der Waals surface area (Å²) in [4.78, 5) is 20.7. The van der Waals surface area contributed by atoms with Crippen molar-refractivity contribution in [3.8, 4) is 0 Å². The van der Waals surface area contributed by atoms with E-state index in [9.17, 15) is 4.79 Å². The Morgan fingerprint density at radius 2 is 1.42 bits per heavy atom. The molecule has 0 aliphatic heterocycles. The number of anilines is 1. The minimum atomic E-state index is -0.267. The molecule has 0 atom stereocenters. The summed E-state index contributed by atoms with van der Waals surface area (Å²) < 4.78 is 0. The maximum atomic E-state index is 12.3. The number of carbonyl (C=O) groups is 1. The molecule has 0 spiro atoms. The predicted molar refractivity (Wildman–Crippen MR) is 103 cm³/mol. The Morgan fingerprint density at radius 1 is 0.846 bits per heavy atom. The number of halogens is 2. The molecule has 0 radical (unpaired) electrons. The SMILES string of the molecule is O=C(NCc1ccc(Cl)cc1)c1ccnc(NCc2ccc(Cl)cc2)n1. The summed E-state index contributed by atoms with van der Waals surface area (Å²) >= 11 is 11.7. The first-order valence-electron chi connectivity index (χ1n) is 7.94. The third-order valence-electron chi connectivity index (χ3n) is 3.62. The highest BCUT2D eigenvalue weighted by Crippen LogP contribution is 2.11. The van der Waals surface area contributed by atoms with Gasteiger partial charge in [-0.1, -0.05) is 47.5 Å². The van der Waals surface area contributed by atoms with Crippen molar-refractivity contribution in [2.24, 2.45) is 0 Å². The molecule has 0 unspecified atom stereocenters. The number of hydrogen-bond acceptors (Lipinski definition) is 4. The van der Waals surface area contributed by atoms with E-state index in [4.69, 9.17) is 23.2 Å². The molecule has 0 bridgehead atoms. The Morgan fingerprint density at radius 3 is 2.04 bits per heavy atom. The normalized spacial score (nSPS) is 10.4. The summed E-state index contributed by atoms with van der Waals surface area (Å²) in [6.07, 6.45) is 1.55. The first-order valence-corrected chi connectivity index (χ1v) is 8.70. The number of amides is 1. The molecule has 5 nitrogen and oxygen atoms in total. The molecule has 132 valence electrons. The molecule has 0 fully saturated rings. The number of rotatable bonds is 6. The Labute approximate surface area is 161 Å². The minimum absolute atomic E-state index is 0.267. The molecule has 3 rings (SSSR count). The molecule has 2 aromatic carbocycles. The van der Waals surface area contributed by atoms with Crippen LogP contribution in [0.15, 0.2) is 60.8 Å². The molecule has 0 aliphatic carbocycles. The number of benzene rings is 2. The van der Waals surface area contributed by atoms with Crippen LogP contribution in [-0.2, 0) is 13.1 Å². The van der Waals surface area contributed by atoms with Crippen LogP contribution in [0.3, 0.4) is 0 Å². The van der Waals surface area contributed by atoms with Gasteiger partial charge in [-0.3, -0.25) is 4.79 Å². The smallest absolute Gasteiger partial charge is 0.270 e. The lowest BCUT2D eigenvalue weighted by Gasteiger charge is -2.08. The summed E-state index contributed by atoms with van der Waals surface area (Å²) in [6.45, 7) is 0.931. The van der Waals surface area contributed by atoms with Crippen molar-refractivity contribution in [3.05, 3.63) is 87.7 Å². The van der Waals surface area contributed by atoms with Gasteiger partial charge in [-0.25, -0.2) is 9.97 Å². The number of carbonyl (C=O) groups excluding carboxylic acids is 1. The zero-order chi connectivity index (χ0) is 18.4. The second-order valence-corrected chi connectivity index (χ2v) is 6.43. The van der Waals surface area contributed by atoms with Crippen molar-refractivity contribution in [2.45, 2.75) is 13.1 Å². The van der Waals surface area contributed by atoms with Crippen molar-refractivity contribution in [2.75, 3.05) is 5.32 Å². The van der Waals surface area contributed by atoms with Crippen LogP contribution in [0.2, 0.25) is 10.0 Å².